The summed E-state index contributed by atoms with van der Waals surface area (Å²) in [5.41, 5.74) is 3.07. The summed E-state index contributed by atoms with van der Waals surface area (Å²) >= 11 is 0. The molecule has 0 aliphatic carbocycles. The highest BCUT2D eigenvalue weighted by Gasteiger charge is 2.21. The first kappa shape index (κ1) is 14.2. The van der Waals surface area contributed by atoms with Gasteiger partial charge in [0.25, 0.3) is 0 Å². The number of carbonyl (C=O) groups excluding carboxylic acids is 1. The number of benzene rings is 1. The van der Waals surface area contributed by atoms with Crippen molar-refractivity contribution in [1.82, 2.24) is 4.90 Å². The van der Waals surface area contributed by atoms with E-state index in [0.29, 0.717) is 12.5 Å². The summed E-state index contributed by atoms with van der Waals surface area (Å²) in [4.78, 5) is 14.5. The zero-order valence-corrected chi connectivity index (χ0v) is 11.9. The van der Waals surface area contributed by atoms with Crippen LogP contribution in [0.5, 0.6) is 0 Å². The third-order valence-electron chi connectivity index (χ3n) is 3.91. The number of hydrogen-bond donors (Lipinski definition) is 1. The Morgan fingerprint density at radius 1 is 1.42 bits per heavy atom. The lowest BCUT2D eigenvalue weighted by atomic mass is 9.97. The number of aryl methyl sites for hydroxylation is 2. The van der Waals surface area contributed by atoms with Gasteiger partial charge in [-0.25, -0.2) is 0 Å². The molecule has 19 heavy (non-hydrogen) atoms. The van der Waals surface area contributed by atoms with Gasteiger partial charge in [0.05, 0.1) is 6.54 Å². The van der Waals surface area contributed by atoms with Gasteiger partial charge in [-0.3, -0.25) is 9.69 Å². The van der Waals surface area contributed by atoms with Crippen molar-refractivity contribution in [1.29, 1.82) is 0 Å². The van der Waals surface area contributed by atoms with Gasteiger partial charge in [-0.1, -0.05) is 23.8 Å². The van der Waals surface area contributed by atoms with Crippen LogP contribution in [0.2, 0.25) is 0 Å². The van der Waals surface area contributed by atoms with Gasteiger partial charge in [-0.05, 0) is 44.7 Å². The van der Waals surface area contributed by atoms with Gasteiger partial charge in [-0.2, -0.15) is 0 Å². The third kappa shape index (κ3) is 3.64. The van der Waals surface area contributed by atoms with Crippen molar-refractivity contribution in [2.45, 2.75) is 26.7 Å². The molecule has 2 rings (SSSR count). The van der Waals surface area contributed by atoms with Crippen LogP contribution in [0.15, 0.2) is 18.2 Å². The van der Waals surface area contributed by atoms with Gasteiger partial charge in [0.2, 0.25) is 0 Å². The smallest absolute Gasteiger partial charge is 0.177 e. The van der Waals surface area contributed by atoms with Crippen LogP contribution in [0.3, 0.4) is 0 Å². The van der Waals surface area contributed by atoms with Crippen molar-refractivity contribution in [2.75, 3.05) is 26.2 Å². The average molecular weight is 261 g/mol. The summed E-state index contributed by atoms with van der Waals surface area (Å²) in [6.07, 6.45) is 2.15. The SMILES string of the molecule is Cc1ccc(C(=O)CN2CCCC(CO)C2)c(C)c1. The van der Waals surface area contributed by atoms with E-state index in [2.05, 4.69) is 11.0 Å². The molecule has 1 aliphatic rings. The first-order valence-corrected chi connectivity index (χ1v) is 7.04. The van der Waals surface area contributed by atoms with E-state index in [1.54, 1.807) is 0 Å². The number of hydrogen-bond acceptors (Lipinski definition) is 3. The fourth-order valence-corrected chi connectivity index (χ4v) is 2.86. The van der Waals surface area contributed by atoms with E-state index >= 15 is 0 Å². The van der Waals surface area contributed by atoms with Crippen LogP contribution in [0.25, 0.3) is 0 Å². The van der Waals surface area contributed by atoms with E-state index in [-0.39, 0.29) is 12.4 Å². The lowest BCUT2D eigenvalue weighted by molar-refractivity contribution is 0.0833. The van der Waals surface area contributed by atoms with Crippen LogP contribution in [0, 0.1) is 19.8 Å². The number of rotatable bonds is 4. The van der Waals surface area contributed by atoms with Crippen molar-refractivity contribution in [3.8, 4) is 0 Å². The zero-order valence-electron chi connectivity index (χ0n) is 11.9. The van der Waals surface area contributed by atoms with E-state index in [0.717, 1.165) is 37.1 Å². The molecule has 1 saturated heterocycles. The first-order valence-electron chi connectivity index (χ1n) is 7.04. The van der Waals surface area contributed by atoms with Crippen molar-refractivity contribution in [3.63, 3.8) is 0 Å². The summed E-state index contributed by atoms with van der Waals surface area (Å²) < 4.78 is 0. The number of piperidine rings is 1. The van der Waals surface area contributed by atoms with Gasteiger partial charge >= 0.3 is 0 Å². The Balaban J connectivity index is 2.00. The minimum absolute atomic E-state index is 0.191. The zero-order chi connectivity index (χ0) is 13.8. The molecule has 3 nitrogen and oxygen atoms in total. The van der Waals surface area contributed by atoms with Crippen LogP contribution in [-0.4, -0.2) is 42.0 Å². The highest BCUT2D eigenvalue weighted by molar-refractivity contribution is 5.98. The Labute approximate surface area is 115 Å². The molecule has 1 aromatic rings. The maximum absolute atomic E-state index is 12.3. The van der Waals surface area contributed by atoms with Gasteiger partial charge in [0.15, 0.2) is 5.78 Å². The second-order valence-electron chi connectivity index (χ2n) is 5.67. The molecule has 0 amide bonds. The van der Waals surface area contributed by atoms with Crippen LogP contribution >= 0.6 is 0 Å². The molecule has 3 heteroatoms. The molecular weight excluding hydrogens is 238 g/mol. The minimum Gasteiger partial charge on any atom is -0.396 e. The molecule has 104 valence electrons. The summed E-state index contributed by atoms with van der Waals surface area (Å²) in [5, 5.41) is 9.22. The maximum atomic E-state index is 12.3. The van der Waals surface area contributed by atoms with Crippen LogP contribution in [-0.2, 0) is 0 Å². The molecule has 1 N–H and O–H groups in total. The quantitative estimate of drug-likeness (QED) is 0.845. The van der Waals surface area contributed by atoms with Gasteiger partial charge in [-0.15, -0.1) is 0 Å². The largest absolute Gasteiger partial charge is 0.396 e. The van der Waals surface area contributed by atoms with Gasteiger partial charge < -0.3 is 5.11 Å². The lowest BCUT2D eigenvalue weighted by Crippen LogP contribution is -2.40. The predicted molar refractivity (Wildman–Crippen MR) is 76.5 cm³/mol. The number of nitrogens with zero attached hydrogens (tertiary/aromatic N) is 1. The van der Waals surface area contributed by atoms with Gasteiger partial charge in [0.1, 0.15) is 0 Å². The van der Waals surface area contributed by atoms with E-state index < -0.39 is 0 Å². The number of ketones is 1. The van der Waals surface area contributed by atoms with Crippen molar-refractivity contribution < 1.29 is 9.90 Å². The van der Waals surface area contributed by atoms with Crippen LogP contribution in [0.4, 0.5) is 0 Å². The first-order chi connectivity index (χ1) is 9.10. The summed E-state index contributed by atoms with van der Waals surface area (Å²) in [6.45, 7) is 6.54. The molecule has 0 saturated carbocycles. The average Bonchev–Trinajstić information content (AvgIpc) is 2.38. The molecule has 1 fully saturated rings. The number of aliphatic hydroxyl groups is 1. The molecule has 0 radical (unpaired) electrons. The Kier molecular flexibility index (Phi) is 4.72. The maximum Gasteiger partial charge on any atom is 0.177 e. The normalized spacial score (nSPS) is 20.5. The topological polar surface area (TPSA) is 40.5 Å². The van der Waals surface area contributed by atoms with E-state index in [9.17, 15) is 9.90 Å². The number of Topliss-reactive ketones (excluding diaryl/α,β-unsaturated/α-hetero) is 1. The predicted octanol–water partition coefficient (Wildman–Crippen LogP) is 2.19. The number of likely N-dealkylation sites (tertiary alicyclic amines) is 1. The molecule has 0 aromatic heterocycles. The standard InChI is InChI=1S/C16H23NO2/c1-12-5-6-15(13(2)8-12)16(19)10-17-7-3-4-14(9-17)11-18/h5-6,8,14,18H,3-4,7,9-11H2,1-2H3. The monoisotopic (exact) mass is 261 g/mol. The van der Waals surface area contributed by atoms with Crippen LogP contribution in [0.1, 0.15) is 34.3 Å². The van der Waals surface area contributed by atoms with Crippen LogP contribution < -0.4 is 0 Å². The molecule has 0 spiro atoms. The fraction of sp³-hybridized carbons (Fsp3) is 0.562. The van der Waals surface area contributed by atoms with Crippen molar-refractivity contribution in [3.05, 3.63) is 34.9 Å². The van der Waals surface area contributed by atoms with E-state index in [1.807, 2.05) is 26.0 Å². The summed E-state index contributed by atoms with van der Waals surface area (Å²) in [7, 11) is 0. The number of aliphatic hydroxyl groups excluding tert-OH is 1. The van der Waals surface area contributed by atoms with Crippen molar-refractivity contribution >= 4 is 5.78 Å². The second kappa shape index (κ2) is 6.31. The Morgan fingerprint density at radius 3 is 2.89 bits per heavy atom. The minimum atomic E-state index is 0.191. The number of carbonyl (C=O) groups is 1. The Morgan fingerprint density at radius 2 is 2.21 bits per heavy atom. The second-order valence-corrected chi connectivity index (χ2v) is 5.67. The highest BCUT2D eigenvalue weighted by atomic mass is 16.3. The summed E-state index contributed by atoms with van der Waals surface area (Å²) in [6, 6.07) is 5.98. The van der Waals surface area contributed by atoms with Crippen molar-refractivity contribution in [2.24, 2.45) is 5.92 Å². The Hall–Kier alpha value is -1.19. The molecule has 1 heterocycles. The summed E-state index contributed by atoms with van der Waals surface area (Å²) in [5.74, 6) is 0.525. The third-order valence-corrected chi connectivity index (χ3v) is 3.91. The molecule has 1 unspecified atom stereocenters. The lowest BCUT2D eigenvalue weighted by Gasteiger charge is -2.31. The molecule has 1 aromatic carbocycles. The highest BCUT2D eigenvalue weighted by Crippen LogP contribution is 2.17. The fourth-order valence-electron chi connectivity index (χ4n) is 2.86. The molecule has 0 bridgehead atoms. The Bertz CT molecular complexity index is 456. The van der Waals surface area contributed by atoms with Gasteiger partial charge in [0, 0.05) is 18.7 Å². The molecule has 1 atom stereocenters. The van der Waals surface area contributed by atoms with E-state index in [4.69, 9.17) is 0 Å². The molecule has 1 aliphatic heterocycles. The van der Waals surface area contributed by atoms with E-state index in [1.165, 1.54) is 5.56 Å². The molecular formula is C16H23NO2.